The summed E-state index contributed by atoms with van der Waals surface area (Å²) in [7, 11) is 1.73. The van der Waals surface area contributed by atoms with E-state index in [9.17, 15) is 0 Å². The number of benzene rings is 1. The van der Waals surface area contributed by atoms with E-state index < -0.39 is 0 Å². The smallest absolute Gasteiger partial charge is 0.0558 e. The summed E-state index contributed by atoms with van der Waals surface area (Å²) in [6.07, 6.45) is 2.06. The third kappa shape index (κ3) is 4.88. The molecular formula is C15H25NO. The van der Waals surface area contributed by atoms with Gasteiger partial charge in [-0.25, -0.2) is 0 Å². The summed E-state index contributed by atoms with van der Waals surface area (Å²) in [5.74, 6) is 0.589. The average Bonchev–Trinajstić information content (AvgIpc) is 2.29. The van der Waals surface area contributed by atoms with Gasteiger partial charge >= 0.3 is 0 Å². The molecule has 1 rings (SSSR count). The number of rotatable bonds is 6. The van der Waals surface area contributed by atoms with Crippen molar-refractivity contribution in [2.75, 3.05) is 7.11 Å². The molecular weight excluding hydrogens is 210 g/mol. The van der Waals surface area contributed by atoms with Gasteiger partial charge < -0.3 is 10.5 Å². The molecule has 2 nitrogen and oxygen atoms in total. The van der Waals surface area contributed by atoms with Gasteiger partial charge in [0.15, 0.2) is 0 Å². The lowest BCUT2D eigenvalue weighted by Gasteiger charge is -2.16. The first-order valence-corrected chi connectivity index (χ1v) is 6.40. The van der Waals surface area contributed by atoms with Crippen molar-refractivity contribution in [3.8, 4) is 0 Å². The number of methoxy groups -OCH3 is 1. The van der Waals surface area contributed by atoms with Crippen molar-refractivity contribution in [3.05, 3.63) is 35.4 Å². The Morgan fingerprint density at radius 2 is 1.71 bits per heavy atom. The predicted molar refractivity (Wildman–Crippen MR) is 73.3 cm³/mol. The average molecular weight is 235 g/mol. The lowest BCUT2D eigenvalue weighted by Crippen LogP contribution is -2.27. The van der Waals surface area contributed by atoms with Crippen molar-refractivity contribution in [2.24, 2.45) is 5.73 Å². The fraction of sp³-hybridized carbons (Fsp3) is 0.600. The molecule has 0 bridgehead atoms. The lowest BCUT2D eigenvalue weighted by molar-refractivity contribution is 0.104. The molecule has 2 N–H and O–H groups in total. The minimum absolute atomic E-state index is 0.176. The molecule has 2 unspecified atom stereocenters. The topological polar surface area (TPSA) is 35.2 Å². The van der Waals surface area contributed by atoms with Gasteiger partial charge in [-0.1, -0.05) is 38.1 Å². The molecule has 0 aliphatic heterocycles. The molecule has 0 radical (unpaired) electrons. The molecule has 0 spiro atoms. The number of hydrogen-bond acceptors (Lipinski definition) is 2. The van der Waals surface area contributed by atoms with Crippen LogP contribution in [-0.2, 0) is 11.2 Å². The maximum atomic E-state index is 6.10. The van der Waals surface area contributed by atoms with Crippen molar-refractivity contribution in [2.45, 2.75) is 51.7 Å². The Hall–Kier alpha value is -0.860. The summed E-state index contributed by atoms with van der Waals surface area (Å²) in [4.78, 5) is 0. The van der Waals surface area contributed by atoms with Crippen molar-refractivity contribution in [1.82, 2.24) is 0 Å². The Balaban J connectivity index is 2.51. The molecule has 1 aromatic carbocycles. The predicted octanol–water partition coefficient (Wildman–Crippen LogP) is 3.10. The minimum Gasteiger partial charge on any atom is -0.382 e. The van der Waals surface area contributed by atoms with Crippen LogP contribution in [0.1, 0.15) is 44.2 Å². The van der Waals surface area contributed by atoms with E-state index in [0.29, 0.717) is 5.92 Å². The van der Waals surface area contributed by atoms with Gasteiger partial charge in [-0.2, -0.15) is 0 Å². The zero-order valence-electron chi connectivity index (χ0n) is 11.4. The fourth-order valence-corrected chi connectivity index (χ4v) is 1.95. The van der Waals surface area contributed by atoms with E-state index in [4.69, 9.17) is 10.5 Å². The zero-order valence-corrected chi connectivity index (χ0v) is 11.4. The molecule has 0 saturated carbocycles. The Kier molecular flexibility index (Phi) is 5.66. The maximum absolute atomic E-state index is 6.10. The van der Waals surface area contributed by atoms with Gasteiger partial charge in [0.25, 0.3) is 0 Å². The van der Waals surface area contributed by atoms with E-state index in [0.717, 1.165) is 12.8 Å². The third-order valence-corrected chi connectivity index (χ3v) is 3.18. The van der Waals surface area contributed by atoms with Gasteiger partial charge in [0.1, 0.15) is 0 Å². The van der Waals surface area contributed by atoms with Crippen LogP contribution in [0.2, 0.25) is 0 Å². The number of hydrogen-bond donors (Lipinski definition) is 1. The van der Waals surface area contributed by atoms with Crippen LogP contribution in [-0.4, -0.2) is 19.3 Å². The van der Waals surface area contributed by atoms with E-state index in [-0.39, 0.29) is 12.1 Å². The van der Waals surface area contributed by atoms with Crippen molar-refractivity contribution >= 4 is 0 Å². The highest BCUT2D eigenvalue weighted by molar-refractivity contribution is 5.25. The van der Waals surface area contributed by atoms with Crippen LogP contribution in [0.4, 0.5) is 0 Å². The summed E-state index contributed by atoms with van der Waals surface area (Å²) in [5.41, 5.74) is 8.79. The molecule has 0 aromatic heterocycles. The first-order chi connectivity index (χ1) is 8.02. The largest absolute Gasteiger partial charge is 0.382 e. The van der Waals surface area contributed by atoms with Crippen molar-refractivity contribution < 1.29 is 4.74 Å². The number of nitrogens with two attached hydrogens (primary N) is 1. The molecule has 2 atom stereocenters. The molecule has 0 aliphatic carbocycles. The Labute approximate surface area is 105 Å². The summed E-state index contributed by atoms with van der Waals surface area (Å²) in [5, 5.41) is 0. The molecule has 1 aromatic rings. The van der Waals surface area contributed by atoms with Gasteiger partial charge in [-0.05, 0) is 36.8 Å². The van der Waals surface area contributed by atoms with Gasteiger partial charge in [-0.15, -0.1) is 0 Å². The monoisotopic (exact) mass is 235 g/mol. The molecule has 0 saturated heterocycles. The highest BCUT2D eigenvalue weighted by Crippen LogP contribution is 2.16. The van der Waals surface area contributed by atoms with Crippen LogP contribution in [0.15, 0.2) is 24.3 Å². The second-order valence-corrected chi connectivity index (χ2v) is 5.14. The van der Waals surface area contributed by atoms with Gasteiger partial charge in [0, 0.05) is 13.2 Å². The summed E-state index contributed by atoms with van der Waals surface area (Å²) in [6, 6.07) is 8.95. The summed E-state index contributed by atoms with van der Waals surface area (Å²) >= 11 is 0. The highest BCUT2D eigenvalue weighted by atomic mass is 16.5. The Morgan fingerprint density at radius 1 is 1.12 bits per heavy atom. The van der Waals surface area contributed by atoms with E-state index in [1.165, 1.54) is 11.1 Å². The second kappa shape index (κ2) is 6.77. The van der Waals surface area contributed by atoms with E-state index in [1.54, 1.807) is 7.11 Å². The van der Waals surface area contributed by atoms with E-state index >= 15 is 0 Å². The Bertz CT molecular complexity index is 318. The van der Waals surface area contributed by atoms with E-state index in [1.807, 2.05) is 0 Å². The zero-order chi connectivity index (χ0) is 12.8. The van der Waals surface area contributed by atoms with Crippen LogP contribution in [0, 0.1) is 0 Å². The van der Waals surface area contributed by atoms with Crippen LogP contribution in [0.5, 0.6) is 0 Å². The summed E-state index contributed by atoms with van der Waals surface area (Å²) in [6.45, 7) is 6.48. The Morgan fingerprint density at radius 3 is 2.18 bits per heavy atom. The first kappa shape index (κ1) is 14.2. The SMILES string of the molecule is COC(C)CC(N)Cc1ccc(C(C)C)cc1. The minimum atomic E-state index is 0.176. The summed E-state index contributed by atoms with van der Waals surface area (Å²) < 4.78 is 5.23. The quantitative estimate of drug-likeness (QED) is 0.822. The first-order valence-electron chi connectivity index (χ1n) is 6.40. The van der Waals surface area contributed by atoms with Crippen LogP contribution in [0.25, 0.3) is 0 Å². The van der Waals surface area contributed by atoms with Crippen LogP contribution < -0.4 is 5.73 Å². The van der Waals surface area contributed by atoms with Crippen molar-refractivity contribution in [1.29, 1.82) is 0 Å². The molecule has 0 amide bonds. The van der Waals surface area contributed by atoms with Crippen LogP contribution in [0.3, 0.4) is 0 Å². The molecule has 2 heteroatoms. The van der Waals surface area contributed by atoms with Gasteiger partial charge in [-0.3, -0.25) is 0 Å². The standard InChI is InChI=1S/C15H25NO/c1-11(2)14-7-5-13(6-8-14)10-15(16)9-12(3)17-4/h5-8,11-12,15H,9-10,16H2,1-4H3. The molecule has 96 valence electrons. The lowest BCUT2D eigenvalue weighted by atomic mass is 9.97. The fourth-order valence-electron chi connectivity index (χ4n) is 1.95. The second-order valence-electron chi connectivity index (χ2n) is 5.14. The molecule has 0 heterocycles. The molecule has 0 fully saturated rings. The van der Waals surface area contributed by atoms with Crippen LogP contribution >= 0.6 is 0 Å². The molecule has 17 heavy (non-hydrogen) atoms. The van der Waals surface area contributed by atoms with Gasteiger partial charge in [0.2, 0.25) is 0 Å². The third-order valence-electron chi connectivity index (χ3n) is 3.18. The van der Waals surface area contributed by atoms with Crippen molar-refractivity contribution in [3.63, 3.8) is 0 Å². The number of ether oxygens (including phenoxy) is 1. The maximum Gasteiger partial charge on any atom is 0.0558 e. The normalized spacial score (nSPS) is 14.9. The van der Waals surface area contributed by atoms with E-state index in [2.05, 4.69) is 45.0 Å². The highest BCUT2D eigenvalue weighted by Gasteiger charge is 2.09. The van der Waals surface area contributed by atoms with Gasteiger partial charge in [0.05, 0.1) is 6.10 Å². The molecule has 0 aliphatic rings.